The second-order valence-electron chi connectivity index (χ2n) is 9.38. The summed E-state index contributed by atoms with van der Waals surface area (Å²) >= 11 is 1.83. The number of hydrogen-bond donors (Lipinski definition) is 0. The molecule has 0 amide bonds. The van der Waals surface area contributed by atoms with Crippen molar-refractivity contribution in [3.05, 3.63) is 58.7 Å². The lowest BCUT2D eigenvalue weighted by atomic mass is 9.99. The molecule has 5 heteroatoms. The molecule has 3 aromatic rings. The number of aryl methyl sites for hydroxylation is 2. The first-order valence-corrected chi connectivity index (χ1v) is 12.1. The summed E-state index contributed by atoms with van der Waals surface area (Å²) in [5.74, 6) is 0.641. The summed E-state index contributed by atoms with van der Waals surface area (Å²) in [5, 5.41) is 1.16. The number of rotatable bonds is 7. The number of carbonyl (C=O) groups is 1. The van der Waals surface area contributed by atoms with Crippen LogP contribution in [0.5, 0.6) is 0 Å². The van der Waals surface area contributed by atoms with Crippen molar-refractivity contribution in [1.29, 1.82) is 0 Å². The van der Waals surface area contributed by atoms with Gasteiger partial charge in [0.25, 0.3) is 0 Å². The van der Waals surface area contributed by atoms with Gasteiger partial charge in [-0.1, -0.05) is 55.0 Å². The molecule has 1 atom stereocenters. The molecule has 0 saturated carbocycles. The highest BCUT2D eigenvalue weighted by Crippen LogP contribution is 2.33. The number of aromatic nitrogens is 1. The van der Waals surface area contributed by atoms with E-state index in [4.69, 9.17) is 4.98 Å². The summed E-state index contributed by atoms with van der Waals surface area (Å²) in [5.41, 5.74) is 6.06. The molecule has 1 aliphatic rings. The van der Waals surface area contributed by atoms with Crippen molar-refractivity contribution in [1.82, 2.24) is 9.88 Å². The van der Waals surface area contributed by atoms with Gasteiger partial charge < -0.3 is 9.69 Å². The minimum atomic E-state index is 0.467. The second-order valence-corrected chi connectivity index (χ2v) is 10.4. The van der Waals surface area contributed by atoms with Crippen molar-refractivity contribution >= 4 is 33.0 Å². The van der Waals surface area contributed by atoms with Crippen molar-refractivity contribution < 1.29 is 4.79 Å². The molecule has 2 heterocycles. The average molecular weight is 436 g/mol. The van der Waals surface area contributed by atoms with Gasteiger partial charge in [-0.05, 0) is 55.0 Å². The lowest BCUT2D eigenvalue weighted by Crippen LogP contribution is -2.53. The number of anilines is 1. The Morgan fingerprint density at radius 2 is 1.90 bits per heavy atom. The van der Waals surface area contributed by atoms with Gasteiger partial charge in [-0.15, -0.1) is 0 Å². The maximum absolute atomic E-state index is 11.0. The topological polar surface area (TPSA) is 36.4 Å². The van der Waals surface area contributed by atoms with Gasteiger partial charge in [-0.2, -0.15) is 0 Å². The molecule has 0 N–H and O–H groups in total. The zero-order valence-electron chi connectivity index (χ0n) is 19.1. The molecular formula is C26H33N3OS. The summed E-state index contributed by atoms with van der Waals surface area (Å²) in [6, 6.07) is 13.6. The van der Waals surface area contributed by atoms with Crippen molar-refractivity contribution in [2.24, 2.45) is 5.92 Å². The monoisotopic (exact) mass is 435 g/mol. The van der Waals surface area contributed by atoms with E-state index in [-0.39, 0.29) is 0 Å². The number of nitrogens with zero attached hydrogens (tertiary/aromatic N) is 3. The summed E-state index contributed by atoms with van der Waals surface area (Å²) in [4.78, 5) is 21.1. The third-order valence-electron chi connectivity index (χ3n) is 6.01. The van der Waals surface area contributed by atoms with E-state index < -0.39 is 0 Å². The third kappa shape index (κ3) is 5.34. The SMILES string of the molecule is Cc1cc(CC=O)cc(CN2CCN(c3nc4ccc(C)cc4s3)[C@@H](CC(C)C)C2)c1. The third-order valence-corrected chi connectivity index (χ3v) is 7.07. The molecule has 4 nitrogen and oxygen atoms in total. The molecule has 164 valence electrons. The van der Waals surface area contributed by atoms with Crippen LogP contribution >= 0.6 is 11.3 Å². The Balaban J connectivity index is 1.53. The minimum absolute atomic E-state index is 0.467. The van der Waals surface area contributed by atoms with Gasteiger partial charge in [0.2, 0.25) is 0 Å². The highest BCUT2D eigenvalue weighted by molar-refractivity contribution is 7.22. The lowest BCUT2D eigenvalue weighted by Gasteiger charge is -2.42. The Hall–Kier alpha value is -2.24. The van der Waals surface area contributed by atoms with Crippen LogP contribution in [-0.4, -0.2) is 41.8 Å². The van der Waals surface area contributed by atoms with E-state index in [0.29, 0.717) is 18.4 Å². The molecule has 1 aliphatic heterocycles. The summed E-state index contributed by atoms with van der Waals surface area (Å²) in [6.45, 7) is 12.9. The average Bonchev–Trinajstić information content (AvgIpc) is 3.10. The number of carbonyl (C=O) groups excluding carboxylic acids is 1. The highest BCUT2D eigenvalue weighted by atomic mass is 32.1. The van der Waals surface area contributed by atoms with Crippen LogP contribution in [0.15, 0.2) is 36.4 Å². The number of benzene rings is 2. The smallest absolute Gasteiger partial charge is 0.186 e. The lowest BCUT2D eigenvalue weighted by molar-refractivity contribution is -0.107. The Bertz CT molecular complexity index is 1060. The van der Waals surface area contributed by atoms with Crippen LogP contribution in [-0.2, 0) is 17.8 Å². The number of piperazine rings is 1. The molecule has 1 saturated heterocycles. The first-order valence-electron chi connectivity index (χ1n) is 11.3. The van der Waals surface area contributed by atoms with E-state index in [9.17, 15) is 4.79 Å². The van der Waals surface area contributed by atoms with Crippen molar-refractivity contribution in [2.45, 2.75) is 53.1 Å². The van der Waals surface area contributed by atoms with Crippen LogP contribution in [0.3, 0.4) is 0 Å². The van der Waals surface area contributed by atoms with E-state index in [0.717, 1.165) is 55.1 Å². The maximum atomic E-state index is 11.0. The molecule has 0 aliphatic carbocycles. The van der Waals surface area contributed by atoms with Crippen molar-refractivity contribution in [2.75, 3.05) is 24.5 Å². The van der Waals surface area contributed by atoms with Gasteiger partial charge >= 0.3 is 0 Å². The van der Waals surface area contributed by atoms with Gasteiger partial charge in [-0.25, -0.2) is 4.98 Å². The molecule has 0 spiro atoms. The van der Waals surface area contributed by atoms with Gasteiger partial charge in [-0.3, -0.25) is 4.90 Å². The molecule has 0 unspecified atom stereocenters. The number of thiazole rings is 1. The summed E-state index contributed by atoms with van der Waals surface area (Å²) < 4.78 is 1.28. The van der Waals surface area contributed by atoms with E-state index >= 15 is 0 Å². The molecule has 31 heavy (non-hydrogen) atoms. The normalized spacial score (nSPS) is 17.6. The van der Waals surface area contributed by atoms with Gasteiger partial charge in [0.1, 0.15) is 6.29 Å². The Labute approximate surface area is 189 Å². The number of aldehydes is 1. The van der Waals surface area contributed by atoms with Crippen LogP contribution in [0.25, 0.3) is 10.2 Å². The second kappa shape index (κ2) is 9.49. The Morgan fingerprint density at radius 1 is 1.10 bits per heavy atom. The van der Waals surface area contributed by atoms with Crippen molar-refractivity contribution in [3.63, 3.8) is 0 Å². The van der Waals surface area contributed by atoms with Crippen LogP contribution in [0, 0.1) is 19.8 Å². The fourth-order valence-corrected chi connectivity index (χ4v) is 5.88. The molecule has 4 rings (SSSR count). The number of hydrogen-bond acceptors (Lipinski definition) is 5. The molecular weight excluding hydrogens is 402 g/mol. The molecule has 0 radical (unpaired) electrons. The quantitative estimate of drug-likeness (QED) is 0.466. The largest absolute Gasteiger partial charge is 0.342 e. The minimum Gasteiger partial charge on any atom is -0.342 e. The fraction of sp³-hybridized carbons (Fsp3) is 0.462. The predicted octanol–water partition coefficient (Wildman–Crippen LogP) is 5.39. The Kier molecular flexibility index (Phi) is 6.73. The zero-order valence-corrected chi connectivity index (χ0v) is 19.9. The first-order chi connectivity index (χ1) is 14.9. The van der Waals surface area contributed by atoms with E-state index in [1.54, 1.807) is 0 Å². The molecule has 2 aromatic carbocycles. The first kappa shape index (κ1) is 22.0. The van der Waals surface area contributed by atoms with E-state index in [1.165, 1.54) is 21.4 Å². The summed E-state index contributed by atoms with van der Waals surface area (Å²) in [7, 11) is 0. The van der Waals surface area contributed by atoms with E-state index in [1.807, 2.05) is 11.3 Å². The predicted molar refractivity (Wildman–Crippen MR) is 131 cm³/mol. The maximum Gasteiger partial charge on any atom is 0.186 e. The van der Waals surface area contributed by atoms with Crippen LogP contribution < -0.4 is 4.90 Å². The zero-order chi connectivity index (χ0) is 22.0. The van der Waals surface area contributed by atoms with Crippen molar-refractivity contribution in [3.8, 4) is 0 Å². The van der Waals surface area contributed by atoms with E-state index in [2.05, 4.69) is 73.9 Å². The number of fused-ring (bicyclic) bond motifs is 1. The van der Waals surface area contributed by atoms with Crippen LogP contribution in [0.4, 0.5) is 5.13 Å². The van der Waals surface area contributed by atoms with Gasteiger partial charge in [0, 0.05) is 38.6 Å². The summed E-state index contributed by atoms with van der Waals surface area (Å²) in [6.07, 6.45) is 2.65. The highest BCUT2D eigenvalue weighted by Gasteiger charge is 2.29. The van der Waals surface area contributed by atoms with Gasteiger partial charge in [0.15, 0.2) is 5.13 Å². The molecule has 0 bridgehead atoms. The fourth-order valence-electron chi connectivity index (χ4n) is 4.72. The Morgan fingerprint density at radius 3 is 2.68 bits per heavy atom. The van der Waals surface area contributed by atoms with Crippen LogP contribution in [0.1, 0.15) is 42.5 Å². The molecule has 1 fully saturated rings. The standard InChI is InChI=1S/C26H33N3OS/c1-18(2)11-23-17-28(16-22-13-20(4)12-21(15-22)7-10-30)8-9-29(23)26-27-24-6-5-19(3)14-25(24)31-26/h5-6,10,12-15,18,23H,7-9,11,16-17H2,1-4H3/t23-/m0/s1. The van der Waals surface area contributed by atoms with Gasteiger partial charge in [0.05, 0.1) is 10.2 Å². The molecule has 1 aromatic heterocycles. The van der Waals surface area contributed by atoms with Crippen LogP contribution in [0.2, 0.25) is 0 Å².